The predicted molar refractivity (Wildman–Crippen MR) is 149 cm³/mol. The van der Waals surface area contributed by atoms with Gasteiger partial charge in [-0.05, 0) is 31.9 Å². The number of ether oxygens (including phenoxy) is 1. The van der Waals surface area contributed by atoms with Crippen molar-refractivity contribution in [2.45, 2.75) is 154 Å². The Kier molecular flexibility index (Phi) is 24.0. The summed E-state index contributed by atoms with van der Waals surface area (Å²) < 4.78 is 16.9. The molecule has 1 N–H and O–H groups in total. The van der Waals surface area contributed by atoms with Gasteiger partial charge in [-0.15, -0.1) is 4.89 Å². The van der Waals surface area contributed by atoms with Gasteiger partial charge >= 0.3 is 20.0 Å². The largest absolute Gasteiger partial charge is 0.497 e. The minimum Gasteiger partial charge on any atom is -0.474 e. The SMILES string of the molecule is CCCCCCCCCCCCSC(CCCCCCC)C(C)OOC(OCCC)([PH+]=O)C(=O)O. The van der Waals surface area contributed by atoms with Gasteiger partial charge in [-0.1, -0.05) is 115 Å². The van der Waals surface area contributed by atoms with Gasteiger partial charge < -0.3 is 5.11 Å². The van der Waals surface area contributed by atoms with Crippen LogP contribution in [0, 0.1) is 0 Å². The van der Waals surface area contributed by atoms with Crippen LogP contribution in [0.25, 0.3) is 0 Å². The smallest absolute Gasteiger partial charge is 0.474 e. The fraction of sp³-hybridized carbons (Fsp3) is 0.963. The van der Waals surface area contributed by atoms with Gasteiger partial charge in [0, 0.05) is 5.25 Å². The molecule has 0 saturated heterocycles. The highest BCUT2D eigenvalue weighted by Gasteiger charge is 2.54. The molecule has 0 spiro atoms. The molecule has 8 heteroatoms. The number of carboxylic acid groups (broad SMARTS) is 1. The summed E-state index contributed by atoms with van der Waals surface area (Å²) in [6.45, 7) is 8.36. The molecule has 0 aromatic heterocycles. The minimum atomic E-state index is -2.25. The summed E-state index contributed by atoms with van der Waals surface area (Å²) in [5.74, 6) is -0.371. The van der Waals surface area contributed by atoms with Crippen LogP contribution in [0.3, 0.4) is 0 Å². The predicted octanol–water partition coefficient (Wildman–Crippen LogP) is 8.90. The molecule has 35 heavy (non-hydrogen) atoms. The van der Waals surface area contributed by atoms with E-state index in [4.69, 9.17) is 14.5 Å². The summed E-state index contributed by atoms with van der Waals surface area (Å²) in [6, 6.07) is 0. The van der Waals surface area contributed by atoms with E-state index in [1.165, 1.54) is 89.9 Å². The van der Waals surface area contributed by atoms with Crippen LogP contribution in [-0.2, 0) is 23.9 Å². The van der Waals surface area contributed by atoms with Crippen LogP contribution in [-0.4, -0.2) is 40.3 Å². The van der Waals surface area contributed by atoms with Crippen molar-refractivity contribution in [3.8, 4) is 0 Å². The van der Waals surface area contributed by atoms with Gasteiger partial charge in [-0.3, -0.25) is 4.74 Å². The molecule has 0 amide bonds. The molecule has 0 bridgehead atoms. The quantitative estimate of drug-likeness (QED) is 0.0368. The highest BCUT2D eigenvalue weighted by Crippen LogP contribution is 2.31. The molecule has 0 rings (SSSR count). The lowest BCUT2D eigenvalue weighted by Gasteiger charge is -2.25. The summed E-state index contributed by atoms with van der Waals surface area (Å²) in [6.07, 6.45) is 20.5. The Morgan fingerprint density at radius 3 is 1.83 bits per heavy atom. The summed E-state index contributed by atoms with van der Waals surface area (Å²) >= 11 is 1.89. The number of hydrogen-bond donors (Lipinski definition) is 1. The Balaban J connectivity index is 4.51. The number of aliphatic carboxylic acids is 1. The van der Waals surface area contributed by atoms with Gasteiger partial charge in [-0.2, -0.15) is 11.8 Å². The topological polar surface area (TPSA) is 82.1 Å². The van der Waals surface area contributed by atoms with Crippen molar-refractivity contribution >= 4 is 26.2 Å². The molecular weight excluding hydrogens is 483 g/mol. The standard InChI is InChI=1S/C27H53O6PS/c1-5-8-10-12-13-14-15-16-18-20-23-35-25(21-19-17-11-9-6-2)24(4)32-33-27(34-30,26(28)29)31-22-7-3/h24-25H,5-23H2,1-4H3,(H,28,29)/p+1. The molecule has 6 nitrogen and oxygen atoms in total. The molecule has 0 aromatic carbocycles. The Morgan fingerprint density at radius 1 is 0.829 bits per heavy atom. The molecule has 0 aliphatic carbocycles. The number of unbranched alkanes of at least 4 members (excludes halogenated alkanes) is 13. The van der Waals surface area contributed by atoms with Crippen molar-refractivity contribution in [1.29, 1.82) is 0 Å². The molecule has 0 fully saturated rings. The highest BCUT2D eigenvalue weighted by molar-refractivity contribution is 7.99. The van der Waals surface area contributed by atoms with E-state index in [0.29, 0.717) is 6.42 Å². The van der Waals surface area contributed by atoms with Gasteiger partial charge in [0.1, 0.15) is 6.10 Å². The van der Waals surface area contributed by atoms with Crippen LogP contribution >= 0.6 is 20.2 Å². The number of thioether (sulfide) groups is 1. The lowest BCUT2D eigenvalue weighted by molar-refractivity contribution is -0.402. The minimum absolute atomic E-state index is 0.133. The van der Waals surface area contributed by atoms with Crippen molar-refractivity contribution in [3.05, 3.63) is 0 Å². The first-order chi connectivity index (χ1) is 17.0. The van der Waals surface area contributed by atoms with E-state index < -0.39 is 20.0 Å². The maximum atomic E-state index is 11.7. The molecule has 0 saturated carbocycles. The number of hydrogen-bond acceptors (Lipinski definition) is 6. The summed E-state index contributed by atoms with van der Waals surface area (Å²) in [5, 5.41) is 9.71. The second-order valence-corrected chi connectivity index (χ2v) is 11.8. The Bertz CT molecular complexity index is 510. The molecule has 0 aromatic rings. The van der Waals surface area contributed by atoms with Gasteiger partial charge in [-0.25, -0.2) is 9.68 Å². The van der Waals surface area contributed by atoms with Crippen molar-refractivity contribution < 1.29 is 29.0 Å². The summed E-state index contributed by atoms with van der Waals surface area (Å²) in [4.78, 5) is 22.4. The monoisotopic (exact) mass is 537 g/mol. The summed E-state index contributed by atoms with van der Waals surface area (Å²) in [7, 11) is -1.32. The second kappa shape index (κ2) is 24.2. The molecule has 0 heterocycles. The summed E-state index contributed by atoms with van der Waals surface area (Å²) in [5.41, 5.74) is -2.25. The van der Waals surface area contributed by atoms with Crippen molar-refractivity contribution in [2.75, 3.05) is 12.4 Å². The van der Waals surface area contributed by atoms with Crippen LogP contribution < -0.4 is 0 Å². The zero-order valence-corrected chi connectivity index (χ0v) is 24.8. The number of carbonyl (C=O) groups is 1. The zero-order valence-electron chi connectivity index (χ0n) is 23.0. The molecule has 208 valence electrons. The van der Waals surface area contributed by atoms with Crippen LogP contribution in [0.1, 0.15) is 137 Å². The van der Waals surface area contributed by atoms with Crippen LogP contribution in [0.15, 0.2) is 0 Å². The van der Waals surface area contributed by atoms with E-state index in [9.17, 15) is 14.5 Å². The normalized spacial score (nSPS) is 15.2. The number of carboxylic acids is 1. The van der Waals surface area contributed by atoms with Crippen molar-refractivity contribution in [3.63, 3.8) is 0 Å². The third-order valence-electron chi connectivity index (χ3n) is 6.19. The first kappa shape index (κ1) is 34.8. The van der Waals surface area contributed by atoms with Gasteiger partial charge in [0.05, 0.1) is 6.61 Å². The third-order valence-corrected chi connectivity index (χ3v) is 8.47. The van der Waals surface area contributed by atoms with E-state index in [2.05, 4.69) is 13.8 Å². The Hall–Kier alpha value is -0.200. The zero-order chi connectivity index (χ0) is 26.2. The average Bonchev–Trinajstić information content (AvgIpc) is 2.85. The van der Waals surface area contributed by atoms with Crippen LogP contribution in [0.4, 0.5) is 0 Å². The first-order valence-electron chi connectivity index (χ1n) is 14.2. The third kappa shape index (κ3) is 17.8. The lowest BCUT2D eigenvalue weighted by atomic mass is 10.1. The van der Waals surface area contributed by atoms with E-state index in [0.717, 1.165) is 18.6 Å². The molecule has 0 aliphatic rings. The first-order valence-corrected chi connectivity index (χ1v) is 16.2. The Morgan fingerprint density at radius 2 is 1.34 bits per heavy atom. The second-order valence-electron chi connectivity index (χ2n) is 9.55. The molecule has 4 unspecified atom stereocenters. The molecular formula is C27H54O6PS+. The lowest BCUT2D eigenvalue weighted by Crippen LogP contribution is -2.41. The average molecular weight is 538 g/mol. The molecule has 4 atom stereocenters. The van der Waals surface area contributed by atoms with Crippen molar-refractivity contribution in [1.82, 2.24) is 0 Å². The Labute approximate surface area is 221 Å². The highest BCUT2D eigenvalue weighted by atomic mass is 32.2. The van der Waals surface area contributed by atoms with Crippen LogP contribution in [0.5, 0.6) is 0 Å². The fourth-order valence-corrected chi connectivity index (χ4v) is 5.54. The van der Waals surface area contributed by atoms with Gasteiger partial charge in [0.25, 0.3) is 0 Å². The van der Waals surface area contributed by atoms with Gasteiger partial charge in [0.2, 0.25) is 0 Å². The van der Waals surface area contributed by atoms with E-state index in [-0.39, 0.29) is 18.0 Å². The number of rotatable bonds is 27. The van der Waals surface area contributed by atoms with Gasteiger partial charge in [0.15, 0.2) is 0 Å². The van der Waals surface area contributed by atoms with E-state index in [1.807, 2.05) is 25.6 Å². The maximum Gasteiger partial charge on any atom is 0.497 e. The van der Waals surface area contributed by atoms with Crippen LogP contribution in [0.2, 0.25) is 0 Å². The molecule has 0 radical (unpaired) electrons. The van der Waals surface area contributed by atoms with Crippen molar-refractivity contribution in [2.24, 2.45) is 0 Å². The fourth-order valence-electron chi connectivity index (χ4n) is 3.89. The van der Waals surface area contributed by atoms with E-state index >= 15 is 0 Å². The van der Waals surface area contributed by atoms with E-state index in [1.54, 1.807) is 0 Å². The molecule has 0 aliphatic heterocycles. The maximum absolute atomic E-state index is 11.7.